The number of H-pyrrole nitrogens is 1. The highest BCUT2D eigenvalue weighted by atomic mass is 16.6. The van der Waals surface area contributed by atoms with E-state index < -0.39 is 23.5 Å². The lowest BCUT2D eigenvalue weighted by Crippen LogP contribution is -2.33. The van der Waals surface area contributed by atoms with E-state index in [0.717, 1.165) is 0 Å². The van der Waals surface area contributed by atoms with Gasteiger partial charge >= 0.3 is 11.7 Å². The Balaban J connectivity index is 1.87. The van der Waals surface area contributed by atoms with Crippen molar-refractivity contribution in [2.75, 3.05) is 6.61 Å². The molecule has 0 aromatic carbocycles. The van der Waals surface area contributed by atoms with E-state index >= 15 is 0 Å². The molecule has 1 N–H and O–H groups in total. The van der Waals surface area contributed by atoms with Gasteiger partial charge in [0.1, 0.15) is 24.4 Å². The van der Waals surface area contributed by atoms with E-state index in [0.29, 0.717) is 24.0 Å². The molecule has 1 saturated heterocycles. The van der Waals surface area contributed by atoms with Gasteiger partial charge < -0.3 is 14.5 Å². The van der Waals surface area contributed by atoms with Crippen LogP contribution in [0.4, 0.5) is 0 Å². The van der Waals surface area contributed by atoms with Crippen LogP contribution in [-0.2, 0) is 14.3 Å². The van der Waals surface area contributed by atoms with Gasteiger partial charge in [0.15, 0.2) is 11.2 Å². The van der Waals surface area contributed by atoms with Crippen LogP contribution in [0.2, 0.25) is 0 Å². The number of fused-ring (bicyclic) bond motifs is 1. The third-order valence-corrected chi connectivity index (χ3v) is 3.51. The monoisotopic (exact) mass is 303 g/mol. The van der Waals surface area contributed by atoms with Crippen molar-refractivity contribution in [1.29, 1.82) is 5.26 Å². The molecule has 3 heterocycles. The molecule has 1 aliphatic rings. The number of esters is 1. The third kappa shape index (κ3) is 2.44. The molecule has 114 valence electrons. The van der Waals surface area contributed by atoms with Crippen molar-refractivity contribution in [3.05, 3.63) is 23.0 Å². The average molecular weight is 303 g/mol. The summed E-state index contributed by atoms with van der Waals surface area (Å²) in [6.07, 6.45) is 3.41. The summed E-state index contributed by atoms with van der Waals surface area (Å²) in [5.41, 5.74) is -0.764. The topological polar surface area (TPSA) is 123 Å². The number of nitriles is 1. The Kier molecular flexibility index (Phi) is 3.38. The fourth-order valence-electron chi connectivity index (χ4n) is 2.42. The first-order valence-electron chi connectivity index (χ1n) is 6.68. The Hall–Kier alpha value is -2.73. The van der Waals surface area contributed by atoms with Crippen LogP contribution in [0.1, 0.15) is 26.0 Å². The molecule has 9 heteroatoms. The first-order valence-corrected chi connectivity index (χ1v) is 6.68. The second kappa shape index (κ2) is 5.23. The minimum atomic E-state index is -1.19. The zero-order valence-corrected chi connectivity index (χ0v) is 11.8. The first kappa shape index (κ1) is 14.2. The summed E-state index contributed by atoms with van der Waals surface area (Å²) >= 11 is 0. The number of aromatic nitrogens is 4. The van der Waals surface area contributed by atoms with Crippen molar-refractivity contribution < 1.29 is 14.3 Å². The Morgan fingerprint density at radius 2 is 2.55 bits per heavy atom. The molecule has 1 unspecified atom stereocenters. The van der Waals surface area contributed by atoms with Gasteiger partial charge in [-0.2, -0.15) is 10.2 Å². The lowest BCUT2D eigenvalue weighted by Gasteiger charge is -2.21. The van der Waals surface area contributed by atoms with E-state index in [1.807, 2.05) is 0 Å². The van der Waals surface area contributed by atoms with Crippen LogP contribution in [0.15, 0.2) is 17.3 Å². The van der Waals surface area contributed by atoms with Gasteiger partial charge in [-0.1, -0.05) is 0 Å². The molecule has 0 bridgehead atoms. The van der Waals surface area contributed by atoms with Crippen LogP contribution in [0.25, 0.3) is 11.2 Å². The summed E-state index contributed by atoms with van der Waals surface area (Å²) < 4.78 is 12.3. The van der Waals surface area contributed by atoms with Crippen LogP contribution < -0.4 is 5.69 Å². The van der Waals surface area contributed by atoms with Crippen molar-refractivity contribution in [3.8, 4) is 6.07 Å². The summed E-state index contributed by atoms with van der Waals surface area (Å²) in [5, 5.41) is 9.34. The molecule has 0 aliphatic carbocycles. The van der Waals surface area contributed by atoms with Crippen molar-refractivity contribution in [1.82, 2.24) is 19.5 Å². The molecule has 9 nitrogen and oxygen atoms in total. The summed E-state index contributed by atoms with van der Waals surface area (Å²) in [6, 6.07) is 2.06. The van der Waals surface area contributed by atoms with Crippen LogP contribution >= 0.6 is 0 Å². The van der Waals surface area contributed by atoms with Gasteiger partial charge in [-0.15, -0.1) is 0 Å². The Morgan fingerprint density at radius 1 is 1.73 bits per heavy atom. The maximum atomic E-state index is 11.4. The maximum Gasteiger partial charge on any atom is 0.347 e. The number of nitrogens with zero attached hydrogens (tertiary/aromatic N) is 4. The summed E-state index contributed by atoms with van der Waals surface area (Å²) in [5.74, 6) is -0.469. The molecule has 22 heavy (non-hydrogen) atoms. The SMILES string of the molecule is CC(=O)OCC1(C#N)CC[C@H](n2cnc3c[nH]c(=O)nc32)O1. The maximum absolute atomic E-state index is 11.4. The Bertz CT molecular complexity index is 820. The number of hydrogen-bond donors (Lipinski definition) is 1. The summed E-state index contributed by atoms with van der Waals surface area (Å²) in [7, 11) is 0. The highest BCUT2D eigenvalue weighted by Gasteiger charge is 2.43. The molecule has 0 spiro atoms. The van der Waals surface area contributed by atoms with Gasteiger partial charge in [0.05, 0.1) is 6.33 Å². The first-order chi connectivity index (χ1) is 10.5. The van der Waals surface area contributed by atoms with Crippen LogP contribution in [0.3, 0.4) is 0 Å². The number of carbonyl (C=O) groups excluding carboxylic acids is 1. The van der Waals surface area contributed by atoms with E-state index in [9.17, 15) is 14.9 Å². The molecule has 3 rings (SSSR count). The predicted molar refractivity (Wildman–Crippen MR) is 72.5 cm³/mol. The largest absolute Gasteiger partial charge is 0.462 e. The summed E-state index contributed by atoms with van der Waals surface area (Å²) in [6.45, 7) is 1.15. The third-order valence-electron chi connectivity index (χ3n) is 3.51. The van der Waals surface area contributed by atoms with Crippen molar-refractivity contribution >= 4 is 17.1 Å². The van der Waals surface area contributed by atoms with Crippen molar-refractivity contribution in [2.24, 2.45) is 0 Å². The highest BCUT2D eigenvalue weighted by molar-refractivity contribution is 5.69. The second-order valence-corrected chi connectivity index (χ2v) is 5.06. The van der Waals surface area contributed by atoms with Gasteiger partial charge in [-0.3, -0.25) is 9.36 Å². The van der Waals surface area contributed by atoms with Crippen LogP contribution in [0, 0.1) is 11.3 Å². The zero-order chi connectivity index (χ0) is 15.7. The van der Waals surface area contributed by atoms with Gasteiger partial charge in [0, 0.05) is 13.1 Å². The minimum absolute atomic E-state index is 0.129. The highest BCUT2D eigenvalue weighted by Crippen LogP contribution is 2.37. The normalized spacial score (nSPS) is 24.3. The molecule has 1 aliphatic heterocycles. The van der Waals surface area contributed by atoms with Crippen molar-refractivity contribution in [3.63, 3.8) is 0 Å². The fraction of sp³-hybridized carbons (Fsp3) is 0.462. The fourth-order valence-corrected chi connectivity index (χ4v) is 2.42. The van der Waals surface area contributed by atoms with Gasteiger partial charge in [-0.05, 0) is 12.8 Å². The number of carbonyl (C=O) groups is 1. The van der Waals surface area contributed by atoms with E-state index in [2.05, 4.69) is 21.0 Å². The molecule has 1 fully saturated rings. The predicted octanol–water partition coefficient (Wildman–Crippen LogP) is 0.254. The lowest BCUT2D eigenvalue weighted by molar-refractivity contribution is -0.149. The molecule has 0 saturated carbocycles. The molecule has 0 radical (unpaired) electrons. The van der Waals surface area contributed by atoms with Gasteiger partial charge in [-0.25, -0.2) is 9.78 Å². The Morgan fingerprint density at radius 3 is 3.27 bits per heavy atom. The number of ether oxygens (including phenoxy) is 2. The summed E-state index contributed by atoms with van der Waals surface area (Å²) in [4.78, 5) is 32.7. The van der Waals surface area contributed by atoms with Gasteiger partial charge in [0.25, 0.3) is 0 Å². The molecule has 2 atom stereocenters. The number of rotatable bonds is 3. The van der Waals surface area contributed by atoms with E-state index in [1.54, 1.807) is 4.57 Å². The number of imidazole rings is 1. The second-order valence-electron chi connectivity index (χ2n) is 5.06. The number of hydrogen-bond acceptors (Lipinski definition) is 7. The molecular weight excluding hydrogens is 290 g/mol. The van der Waals surface area contributed by atoms with Crippen LogP contribution in [-0.4, -0.2) is 37.7 Å². The lowest BCUT2D eigenvalue weighted by atomic mass is 10.0. The number of aromatic amines is 1. The molecule has 0 amide bonds. The van der Waals surface area contributed by atoms with Gasteiger partial charge in [0.2, 0.25) is 0 Å². The Labute approximate surface area is 124 Å². The van der Waals surface area contributed by atoms with E-state index in [-0.39, 0.29) is 6.61 Å². The quantitative estimate of drug-likeness (QED) is 0.806. The van der Waals surface area contributed by atoms with E-state index in [1.165, 1.54) is 19.4 Å². The molecular formula is C13H13N5O4. The van der Waals surface area contributed by atoms with Crippen molar-refractivity contribution in [2.45, 2.75) is 31.6 Å². The molecule has 2 aromatic heterocycles. The smallest absolute Gasteiger partial charge is 0.347 e. The van der Waals surface area contributed by atoms with Crippen LogP contribution in [0.5, 0.6) is 0 Å². The average Bonchev–Trinajstić information content (AvgIpc) is 3.09. The number of nitrogens with one attached hydrogen (secondary N) is 1. The zero-order valence-electron chi connectivity index (χ0n) is 11.8. The van der Waals surface area contributed by atoms with E-state index in [4.69, 9.17) is 9.47 Å². The standard InChI is InChI=1S/C13H13N5O4/c1-8(19)21-6-13(5-14)3-2-10(22-13)18-7-16-9-4-15-12(20)17-11(9)18/h4,7,10H,2-3,6H2,1H3,(H,15,17,20)/t10-,13?/m1/s1. The molecule has 2 aromatic rings. The minimum Gasteiger partial charge on any atom is -0.462 e.